The standard InChI is InChI=1S/C11H11N5O6S/c1-6-8(10(18)14-11(19)13-6)22-23(20,21)16-15-9(17)7-2-4-12-5-3-7/h2-5,16H,1H3,(H,15,17)(H2,13,14,18,19). The van der Waals surface area contributed by atoms with E-state index in [1.165, 1.54) is 31.5 Å². The summed E-state index contributed by atoms with van der Waals surface area (Å²) in [5, 5.41) is 0. The maximum Gasteiger partial charge on any atom is 0.400 e. The van der Waals surface area contributed by atoms with Gasteiger partial charge in [-0.05, 0) is 19.1 Å². The number of aromatic amines is 2. The average Bonchev–Trinajstić information content (AvgIpc) is 2.49. The maximum absolute atomic E-state index is 11.7. The van der Waals surface area contributed by atoms with E-state index in [9.17, 15) is 22.8 Å². The molecule has 0 aromatic carbocycles. The highest BCUT2D eigenvalue weighted by molar-refractivity contribution is 7.85. The first kappa shape index (κ1) is 16.4. The van der Waals surface area contributed by atoms with Gasteiger partial charge in [0.15, 0.2) is 0 Å². The van der Waals surface area contributed by atoms with Gasteiger partial charge in [-0.3, -0.25) is 25.0 Å². The zero-order valence-corrected chi connectivity index (χ0v) is 12.4. The number of H-pyrrole nitrogens is 2. The van der Waals surface area contributed by atoms with E-state index in [0.717, 1.165) is 0 Å². The van der Waals surface area contributed by atoms with Crippen molar-refractivity contribution in [3.05, 3.63) is 56.6 Å². The van der Waals surface area contributed by atoms with Crippen LogP contribution in [0.4, 0.5) is 0 Å². The Labute approximate surface area is 129 Å². The molecular weight excluding hydrogens is 330 g/mol. The normalized spacial score (nSPS) is 11.0. The molecule has 4 N–H and O–H groups in total. The molecule has 0 fully saturated rings. The van der Waals surface area contributed by atoms with Crippen LogP contribution < -0.4 is 25.7 Å². The summed E-state index contributed by atoms with van der Waals surface area (Å²) >= 11 is 0. The zero-order chi connectivity index (χ0) is 17.0. The van der Waals surface area contributed by atoms with E-state index in [1.54, 1.807) is 4.83 Å². The van der Waals surface area contributed by atoms with Gasteiger partial charge in [0.1, 0.15) is 0 Å². The predicted molar refractivity (Wildman–Crippen MR) is 76.8 cm³/mol. The van der Waals surface area contributed by atoms with Gasteiger partial charge in [-0.25, -0.2) is 4.79 Å². The van der Waals surface area contributed by atoms with Gasteiger partial charge in [0.05, 0.1) is 5.69 Å². The molecule has 0 atom stereocenters. The molecule has 0 saturated carbocycles. The van der Waals surface area contributed by atoms with E-state index < -0.39 is 33.2 Å². The van der Waals surface area contributed by atoms with E-state index >= 15 is 0 Å². The van der Waals surface area contributed by atoms with Crippen LogP contribution in [0.25, 0.3) is 0 Å². The van der Waals surface area contributed by atoms with Crippen LogP contribution in [-0.4, -0.2) is 29.3 Å². The molecule has 0 aliphatic heterocycles. The van der Waals surface area contributed by atoms with Crippen molar-refractivity contribution in [1.29, 1.82) is 0 Å². The Bertz CT molecular complexity index is 933. The minimum absolute atomic E-state index is 0.0930. The highest BCUT2D eigenvalue weighted by atomic mass is 32.2. The quantitative estimate of drug-likeness (QED) is 0.472. The molecule has 11 nitrogen and oxygen atoms in total. The van der Waals surface area contributed by atoms with Gasteiger partial charge >= 0.3 is 16.0 Å². The van der Waals surface area contributed by atoms with Crippen LogP contribution in [0.15, 0.2) is 34.1 Å². The molecule has 122 valence electrons. The molecule has 2 heterocycles. The summed E-state index contributed by atoms with van der Waals surface area (Å²) in [5.74, 6) is -1.39. The first-order valence-corrected chi connectivity index (χ1v) is 7.44. The number of hydrazine groups is 1. The van der Waals surface area contributed by atoms with Gasteiger partial charge < -0.3 is 9.17 Å². The van der Waals surface area contributed by atoms with Crippen LogP contribution in [-0.2, 0) is 10.3 Å². The molecule has 0 unspecified atom stereocenters. The number of hydrogen-bond acceptors (Lipinski definition) is 7. The number of aryl methyl sites for hydroxylation is 1. The number of rotatable bonds is 5. The van der Waals surface area contributed by atoms with Gasteiger partial charge in [-0.15, -0.1) is 0 Å². The summed E-state index contributed by atoms with van der Waals surface area (Å²) in [6, 6.07) is 2.72. The van der Waals surface area contributed by atoms with Crippen molar-refractivity contribution >= 4 is 16.2 Å². The van der Waals surface area contributed by atoms with Crippen LogP contribution in [0.3, 0.4) is 0 Å². The monoisotopic (exact) mass is 341 g/mol. The molecule has 2 aromatic rings. The summed E-state index contributed by atoms with van der Waals surface area (Å²) in [5.41, 5.74) is 0.117. The number of nitrogens with one attached hydrogen (secondary N) is 4. The number of aromatic nitrogens is 3. The highest BCUT2D eigenvalue weighted by Crippen LogP contribution is 2.07. The van der Waals surface area contributed by atoms with Crippen molar-refractivity contribution in [3.8, 4) is 5.75 Å². The van der Waals surface area contributed by atoms with Crippen LogP contribution in [0.5, 0.6) is 5.75 Å². The Morgan fingerprint density at radius 1 is 1.22 bits per heavy atom. The molecule has 2 aromatic heterocycles. The van der Waals surface area contributed by atoms with E-state index in [1.807, 2.05) is 10.4 Å². The molecule has 23 heavy (non-hydrogen) atoms. The lowest BCUT2D eigenvalue weighted by Crippen LogP contribution is -2.44. The number of carbonyl (C=O) groups is 1. The molecule has 12 heteroatoms. The fraction of sp³-hybridized carbons (Fsp3) is 0.0909. The van der Waals surface area contributed by atoms with Crippen molar-refractivity contribution in [1.82, 2.24) is 25.2 Å². The van der Waals surface area contributed by atoms with Gasteiger partial charge in [-0.1, -0.05) is 4.83 Å². The van der Waals surface area contributed by atoms with Crippen LogP contribution in [0, 0.1) is 6.92 Å². The predicted octanol–water partition coefficient (Wildman–Crippen LogP) is -1.68. The minimum atomic E-state index is -4.54. The van der Waals surface area contributed by atoms with E-state index in [0.29, 0.717) is 0 Å². The third-order valence-electron chi connectivity index (χ3n) is 2.50. The van der Waals surface area contributed by atoms with Crippen molar-refractivity contribution in [2.45, 2.75) is 6.92 Å². The summed E-state index contributed by atoms with van der Waals surface area (Å²) in [4.78, 5) is 43.6. The summed E-state index contributed by atoms with van der Waals surface area (Å²) in [7, 11) is -4.54. The molecule has 2 rings (SSSR count). The van der Waals surface area contributed by atoms with E-state index in [4.69, 9.17) is 0 Å². The maximum atomic E-state index is 11.7. The molecule has 0 spiro atoms. The second-order valence-corrected chi connectivity index (χ2v) is 5.47. The number of hydrogen-bond donors (Lipinski definition) is 4. The molecule has 0 saturated heterocycles. The molecule has 1 amide bonds. The Morgan fingerprint density at radius 3 is 2.48 bits per heavy atom. The number of amides is 1. The van der Waals surface area contributed by atoms with E-state index in [2.05, 4.69) is 14.2 Å². The lowest BCUT2D eigenvalue weighted by atomic mass is 10.3. The van der Waals surface area contributed by atoms with Gasteiger partial charge in [-0.2, -0.15) is 8.42 Å². The van der Waals surface area contributed by atoms with Gasteiger partial charge in [0.25, 0.3) is 11.5 Å². The highest BCUT2D eigenvalue weighted by Gasteiger charge is 2.19. The largest absolute Gasteiger partial charge is 0.400 e. The molecule has 0 aliphatic carbocycles. The molecule has 0 radical (unpaired) electrons. The Hall–Kier alpha value is -2.99. The third kappa shape index (κ3) is 4.24. The summed E-state index contributed by atoms with van der Waals surface area (Å²) in [6.07, 6.45) is 2.70. The lowest BCUT2D eigenvalue weighted by Gasteiger charge is -2.09. The van der Waals surface area contributed by atoms with Gasteiger partial charge in [0, 0.05) is 18.0 Å². The van der Waals surface area contributed by atoms with Crippen molar-refractivity contribution < 1.29 is 17.4 Å². The van der Waals surface area contributed by atoms with Gasteiger partial charge in [0.2, 0.25) is 5.75 Å². The smallest absolute Gasteiger partial charge is 0.362 e. The summed E-state index contributed by atoms with van der Waals surface area (Å²) in [6.45, 7) is 1.27. The van der Waals surface area contributed by atoms with E-state index in [-0.39, 0.29) is 11.3 Å². The Morgan fingerprint density at radius 2 is 1.87 bits per heavy atom. The zero-order valence-electron chi connectivity index (χ0n) is 11.6. The van der Waals surface area contributed by atoms with Crippen molar-refractivity contribution in [3.63, 3.8) is 0 Å². The Balaban J connectivity index is 2.10. The van der Waals surface area contributed by atoms with Crippen LogP contribution in [0.1, 0.15) is 16.1 Å². The fourth-order valence-corrected chi connectivity index (χ4v) is 2.18. The first-order valence-electron chi connectivity index (χ1n) is 6.03. The Kier molecular flexibility index (Phi) is 4.57. The number of carbonyl (C=O) groups excluding carboxylic acids is 1. The average molecular weight is 341 g/mol. The second kappa shape index (κ2) is 6.41. The van der Waals surface area contributed by atoms with Crippen LogP contribution in [0.2, 0.25) is 0 Å². The molecule has 0 bridgehead atoms. The molecule has 0 aliphatic rings. The minimum Gasteiger partial charge on any atom is -0.362 e. The number of nitrogens with zero attached hydrogens (tertiary/aromatic N) is 1. The topological polar surface area (TPSA) is 163 Å². The SMILES string of the molecule is Cc1[nH]c(=O)[nH]c(=O)c1OS(=O)(=O)NNC(=O)c1ccncc1. The van der Waals surface area contributed by atoms with Crippen LogP contribution >= 0.6 is 0 Å². The first-order chi connectivity index (χ1) is 10.8. The van der Waals surface area contributed by atoms with Crippen molar-refractivity contribution in [2.75, 3.05) is 0 Å². The second-order valence-electron chi connectivity index (χ2n) is 4.19. The van der Waals surface area contributed by atoms with Crippen molar-refractivity contribution in [2.24, 2.45) is 0 Å². The fourth-order valence-electron chi connectivity index (χ4n) is 1.50. The lowest BCUT2D eigenvalue weighted by molar-refractivity contribution is 0.0943. The third-order valence-corrected chi connectivity index (χ3v) is 3.24. The molecular formula is C11H11N5O6S. The summed E-state index contributed by atoms with van der Waals surface area (Å²) < 4.78 is 28.0. The number of pyridine rings is 1.